The summed E-state index contributed by atoms with van der Waals surface area (Å²) in [6.45, 7) is 0.128. The fourth-order valence-electron chi connectivity index (χ4n) is 3.96. The molecule has 1 aliphatic carbocycles. The number of rotatable bonds is 4. The Morgan fingerprint density at radius 3 is 2.39 bits per heavy atom. The van der Waals surface area contributed by atoms with Crippen LogP contribution in [0.15, 0.2) is 18.2 Å². The van der Waals surface area contributed by atoms with Crippen LogP contribution in [0.5, 0.6) is 11.5 Å². The summed E-state index contributed by atoms with van der Waals surface area (Å²) in [5.74, 6) is -0.771. The van der Waals surface area contributed by atoms with Crippen LogP contribution < -0.4 is 20.3 Å². The van der Waals surface area contributed by atoms with Crippen molar-refractivity contribution in [3.8, 4) is 11.5 Å². The van der Waals surface area contributed by atoms with E-state index in [0.717, 1.165) is 25.7 Å². The van der Waals surface area contributed by atoms with Gasteiger partial charge in [-0.3, -0.25) is 34.9 Å². The Morgan fingerprint density at radius 2 is 1.68 bits per heavy atom. The van der Waals surface area contributed by atoms with Crippen molar-refractivity contribution in [1.82, 2.24) is 15.8 Å². The third-order valence-electron chi connectivity index (χ3n) is 5.45. The van der Waals surface area contributed by atoms with Gasteiger partial charge in [0.15, 0.2) is 11.5 Å². The second kappa shape index (κ2) is 7.49. The van der Waals surface area contributed by atoms with Crippen molar-refractivity contribution >= 4 is 23.6 Å². The van der Waals surface area contributed by atoms with Crippen molar-refractivity contribution in [3.63, 3.8) is 0 Å². The largest absolute Gasteiger partial charge is 0.454 e. The first-order valence-corrected chi connectivity index (χ1v) is 9.38. The van der Waals surface area contributed by atoms with E-state index in [1.165, 1.54) is 11.0 Å². The van der Waals surface area contributed by atoms with Gasteiger partial charge in [0, 0.05) is 18.5 Å². The van der Waals surface area contributed by atoms with Gasteiger partial charge in [-0.2, -0.15) is 0 Å². The SMILES string of the molecule is O=C(CCN1C(=O)[C@H]2CCCC[C@@H]2C1=O)NNC(=O)c1ccc2c(c1)OCO2. The Bertz CT molecular complexity index is 815. The summed E-state index contributed by atoms with van der Waals surface area (Å²) in [5, 5.41) is 0. The van der Waals surface area contributed by atoms with E-state index in [9.17, 15) is 19.2 Å². The molecule has 148 valence electrons. The molecule has 1 aromatic rings. The molecule has 2 N–H and O–H groups in total. The highest BCUT2D eigenvalue weighted by Gasteiger charge is 2.47. The third kappa shape index (κ3) is 3.39. The van der Waals surface area contributed by atoms with E-state index in [1.807, 2.05) is 0 Å². The molecule has 4 amide bonds. The molecule has 3 aliphatic rings. The van der Waals surface area contributed by atoms with Crippen molar-refractivity contribution in [2.45, 2.75) is 32.1 Å². The molecule has 1 saturated carbocycles. The molecule has 2 heterocycles. The second-order valence-electron chi connectivity index (χ2n) is 7.15. The van der Waals surface area contributed by atoms with Gasteiger partial charge in [0.05, 0.1) is 11.8 Å². The summed E-state index contributed by atoms with van der Waals surface area (Å²) in [5.41, 5.74) is 4.92. The molecule has 9 heteroatoms. The Morgan fingerprint density at radius 1 is 1.00 bits per heavy atom. The molecule has 0 spiro atoms. The molecule has 28 heavy (non-hydrogen) atoms. The van der Waals surface area contributed by atoms with E-state index < -0.39 is 11.8 Å². The fraction of sp³-hybridized carbons (Fsp3) is 0.474. The highest BCUT2D eigenvalue weighted by Crippen LogP contribution is 2.38. The van der Waals surface area contributed by atoms with Crippen LogP contribution in [0, 0.1) is 11.8 Å². The third-order valence-corrected chi connectivity index (χ3v) is 5.45. The molecule has 0 radical (unpaired) electrons. The van der Waals surface area contributed by atoms with Gasteiger partial charge >= 0.3 is 0 Å². The number of hydrazine groups is 1. The lowest BCUT2D eigenvalue weighted by molar-refractivity contribution is -0.140. The molecule has 1 saturated heterocycles. The van der Waals surface area contributed by atoms with Gasteiger partial charge in [-0.05, 0) is 31.0 Å². The number of fused-ring (bicyclic) bond motifs is 2. The maximum absolute atomic E-state index is 12.4. The summed E-state index contributed by atoms with van der Waals surface area (Å²) in [4.78, 5) is 50.1. The number of likely N-dealkylation sites (tertiary alicyclic amines) is 1. The van der Waals surface area contributed by atoms with Gasteiger partial charge in [-0.1, -0.05) is 12.8 Å². The normalized spacial score (nSPS) is 22.8. The van der Waals surface area contributed by atoms with Gasteiger partial charge < -0.3 is 9.47 Å². The number of nitrogens with one attached hydrogen (secondary N) is 2. The van der Waals surface area contributed by atoms with Gasteiger partial charge in [0.25, 0.3) is 5.91 Å². The first-order chi connectivity index (χ1) is 13.5. The van der Waals surface area contributed by atoms with Gasteiger partial charge in [0.1, 0.15) is 0 Å². The highest BCUT2D eigenvalue weighted by atomic mass is 16.7. The fourth-order valence-corrected chi connectivity index (χ4v) is 3.96. The lowest BCUT2D eigenvalue weighted by Gasteiger charge is -2.19. The van der Waals surface area contributed by atoms with Crippen molar-refractivity contribution in [2.24, 2.45) is 11.8 Å². The number of carbonyl (C=O) groups excluding carboxylic acids is 4. The number of hydrogen-bond acceptors (Lipinski definition) is 6. The summed E-state index contributed by atoms with van der Waals surface area (Å²) >= 11 is 0. The summed E-state index contributed by atoms with van der Waals surface area (Å²) in [6.07, 6.45) is 3.33. The average molecular weight is 387 g/mol. The maximum Gasteiger partial charge on any atom is 0.269 e. The molecular formula is C19H21N3O6. The zero-order valence-corrected chi connectivity index (χ0v) is 15.2. The lowest BCUT2D eigenvalue weighted by atomic mass is 9.81. The Hall–Kier alpha value is -3.10. The predicted molar refractivity (Wildman–Crippen MR) is 95.0 cm³/mol. The molecule has 2 atom stereocenters. The number of carbonyl (C=O) groups is 4. The smallest absolute Gasteiger partial charge is 0.269 e. The van der Waals surface area contributed by atoms with Crippen molar-refractivity contribution < 1.29 is 28.7 Å². The average Bonchev–Trinajstić information content (AvgIpc) is 3.28. The van der Waals surface area contributed by atoms with Crippen LogP contribution in [0.3, 0.4) is 0 Å². The molecule has 9 nitrogen and oxygen atoms in total. The van der Waals surface area contributed by atoms with E-state index in [0.29, 0.717) is 17.1 Å². The minimum absolute atomic E-state index is 0.0242. The van der Waals surface area contributed by atoms with Crippen molar-refractivity contribution in [1.29, 1.82) is 0 Å². The van der Waals surface area contributed by atoms with Crippen LogP contribution in [0.25, 0.3) is 0 Å². The number of hydrogen-bond donors (Lipinski definition) is 2. The Balaban J connectivity index is 1.26. The first-order valence-electron chi connectivity index (χ1n) is 9.38. The lowest BCUT2D eigenvalue weighted by Crippen LogP contribution is -2.43. The van der Waals surface area contributed by atoms with Gasteiger partial charge in [0.2, 0.25) is 24.5 Å². The quantitative estimate of drug-likeness (QED) is 0.582. The predicted octanol–water partition coefficient (Wildman–Crippen LogP) is 0.742. The topological polar surface area (TPSA) is 114 Å². The van der Waals surface area contributed by atoms with Gasteiger partial charge in [-0.25, -0.2) is 0 Å². The van der Waals surface area contributed by atoms with Crippen LogP contribution in [0.4, 0.5) is 0 Å². The number of imide groups is 1. The van der Waals surface area contributed by atoms with Gasteiger partial charge in [-0.15, -0.1) is 0 Å². The zero-order valence-electron chi connectivity index (χ0n) is 15.2. The Kier molecular flexibility index (Phi) is 4.89. The van der Waals surface area contributed by atoms with Crippen molar-refractivity contribution in [3.05, 3.63) is 23.8 Å². The number of benzene rings is 1. The van der Waals surface area contributed by atoms with E-state index >= 15 is 0 Å². The maximum atomic E-state index is 12.4. The monoisotopic (exact) mass is 387 g/mol. The molecular weight excluding hydrogens is 366 g/mol. The summed E-state index contributed by atoms with van der Waals surface area (Å²) in [6, 6.07) is 4.69. The van der Waals surface area contributed by atoms with E-state index in [2.05, 4.69) is 10.9 Å². The minimum Gasteiger partial charge on any atom is -0.454 e. The van der Waals surface area contributed by atoms with Crippen LogP contribution >= 0.6 is 0 Å². The molecule has 2 aliphatic heterocycles. The van der Waals surface area contributed by atoms with E-state index in [-0.39, 0.29) is 43.4 Å². The van der Waals surface area contributed by atoms with E-state index in [4.69, 9.17) is 9.47 Å². The molecule has 0 aromatic heterocycles. The van der Waals surface area contributed by atoms with Crippen LogP contribution in [-0.2, 0) is 14.4 Å². The van der Waals surface area contributed by atoms with Crippen LogP contribution in [0.2, 0.25) is 0 Å². The number of ether oxygens (including phenoxy) is 2. The van der Waals surface area contributed by atoms with Crippen molar-refractivity contribution in [2.75, 3.05) is 13.3 Å². The number of amides is 4. The molecule has 1 aromatic carbocycles. The number of nitrogens with zero attached hydrogens (tertiary/aromatic N) is 1. The molecule has 2 fully saturated rings. The molecule has 0 unspecified atom stereocenters. The molecule has 4 rings (SSSR count). The Labute approximate surface area is 161 Å². The first kappa shape index (κ1) is 18.3. The zero-order chi connectivity index (χ0) is 19.7. The van der Waals surface area contributed by atoms with Crippen LogP contribution in [-0.4, -0.2) is 41.9 Å². The van der Waals surface area contributed by atoms with E-state index in [1.54, 1.807) is 12.1 Å². The minimum atomic E-state index is -0.508. The standard InChI is InChI=1S/C19H21N3O6/c23-16(7-8-22-18(25)12-3-1-2-4-13(12)19(22)26)20-21-17(24)11-5-6-14-15(9-11)28-10-27-14/h5-6,9,12-13H,1-4,7-8,10H2,(H,20,23)(H,21,24)/t12-,13-/m0/s1. The van der Waals surface area contributed by atoms with Crippen LogP contribution in [0.1, 0.15) is 42.5 Å². The molecule has 0 bridgehead atoms. The second-order valence-corrected chi connectivity index (χ2v) is 7.15. The highest BCUT2D eigenvalue weighted by molar-refractivity contribution is 6.05. The summed E-state index contributed by atoms with van der Waals surface area (Å²) in [7, 11) is 0. The summed E-state index contributed by atoms with van der Waals surface area (Å²) < 4.78 is 10.4.